The minimum atomic E-state index is 0.505. The van der Waals surface area contributed by atoms with Crippen molar-refractivity contribution >= 4 is 11.8 Å². The Bertz CT molecular complexity index is 535. The Kier molecular flexibility index (Phi) is 5.33. The van der Waals surface area contributed by atoms with Gasteiger partial charge in [0.15, 0.2) is 0 Å². The smallest absolute Gasteiger partial charge is 0.276 e. The summed E-state index contributed by atoms with van der Waals surface area (Å²) in [5.74, 6) is 2.39. The van der Waals surface area contributed by atoms with Crippen LogP contribution in [0.25, 0.3) is 0 Å². The Morgan fingerprint density at radius 1 is 1.05 bits per heavy atom. The van der Waals surface area contributed by atoms with E-state index >= 15 is 0 Å². The maximum atomic E-state index is 5.82. The molecule has 1 aliphatic carbocycles. The monoisotopic (exact) mass is 302 g/mol. The fourth-order valence-corrected chi connectivity index (χ4v) is 3.58. The normalized spacial score (nSPS) is 16.2. The molecule has 0 radical (unpaired) electrons. The topological polar surface area (TPSA) is 38.9 Å². The van der Waals surface area contributed by atoms with Crippen LogP contribution in [0.1, 0.15) is 55.9 Å². The molecule has 0 amide bonds. The molecule has 1 aromatic carbocycles. The highest BCUT2D eigenvalue weighted by Crippen LogP contribution is 2.32. The first-order valence-electron chi connectivity index (χ1n) is 7.92. The van der Waals surface area contributed by atoms with Crippen molar-refractivity contribution in [3.63, 3.8) is 0 Å². The lowest BCUT2D eigenvalue weighted by molar-refractivity contribution is 0.334. The molecule has 0 spiro atoms. The SMILES string of the molecule is c1ccc(CCCSc2nnc(C3CCCCC3)o2)cc1. The number of hydrogen-bond acceptors (Lipinski definition) is 4. The molecule has 2 aromatic rings. The molecule has 3 nitrogen and oxygen atoms in total. The van der Waals surface area contributed by atoms with E-state index in [1.54, 1.807) is 11.8 Å². The third-order valence-electron chi connectivity index (χ3n) is 4.05. The highest BCUT2D eigenvalue weighted by molar-refractivity contribution is 7.99. The summed E-state index contributed by atoms with van der Waals surface area (Å²) < 4.78 is 5.82. The first-order valence-corrected chi connectivity index (χ1v) is 8.90. The zero-order chi connectivity index (χ0) is 14.3. The largest absolute Gasteiger partial charge is 0.416 e. The molecular weight excluding hydrogens is 280 g/mol. The van der Waals surface area contributed by atoms with Crippen molar-refractivity contribution in [2.75, 3.05) is 5.75 Å². The first kappa shape index (κ1) is 14.6. The zero-order valence-corrected chi connectivity index (χ0v) is 13.1. The average Bonchev–Trinajstić information content (AvgIpc) is 3.02. The van der Waals surface area contributed by atoms with Gasteiger partial charge in [-0.1, -0.05) is 61.4 Å². The summed E-state index contributed by atoms with van der Waals surface area (Å²) >= 11 is 1.68. The van der Waals surface area contributed by atoms with Crippen molar-refractivity contribution < 1.29 is 4.42 Å². The number of rotatable bonds is 6. The van der Waals surface area contributed by atoms with Gasteiger partial charge in [0, 0.05) is 11.7 Å². The van der Waals surface area contributed by atoms with E-state index in [-0.39, 0.29) is 0 Å². The Labute approximate surface area is 130 Å². The molecule has 0 aliphatic heterocycles. The van der Waals surface area contributed by atoms with Crippen molar-refractivity contribution in [1.29, 1.82) is 0 Å². The fourth-order valence-electron chi connectivity index (χ4n) is 2.87. The molecule has 3 rings (SSSR count). The predicted molar refractivity (Wildman–Crippen MR) is 85.6 cm³/mol. The summed E-state index contributed by atoms with van der Waals surface area (Å²) in [7, 11) is 0. The van der Waals surface area contributed by atoms with Gasteiger partial charge in [0.25, 0.3) is 5.22 Å². The second-order valence-electron chi connectivity index (χ2n) is 5.68. The van der Waals surface area contributed by atoms with Gasteiger partial charge in [-0.25, -0.2) is 0 Å². The number of aromatic nitrogens is 2. The van der Waals surface area contributed by atoms with Gasteiger partial charge in [0.1, 0.15) is 0 Å². The van der Waals surface area contributed by atoms with E-state index in [2.05, 4.69) is 40.5 Å². The summed E-state index contributed by atoms with van der Waals surface area (Å²) in [6.07, 6.45) is 8.61. The highest BCUT2D eigenvalue weighted by atomic mass is 32.2. The molecule has 1 aliphatic rings. The average molecular weight is 302 g/mol. The molecule has 0 bridgehead atoms. The Morgan fingerprint density at radius 2 is 1.86 bits per heavy atom. The van der Waals surface area contributed by atoms with Crippen LogP contribution in [0.15, 0.2) is 40.0 Å². The molecular formula is C17H22N2OS. The van der Waals surface area contributed by atoms with Crippen LogP contribution in [0.2, 0.25) is 0 Å². The van der Waals surface area contributed by atoms with E-state index in [0.717, 1.165) is 29.7 Å². The summed E-state index contributed by atoms with van der Waals surface area (Å²) in [4.78, 5) is 0. The number of thioether (sulfide) groups is 1. The van der Waals surface area contributed by atoms with Gasteiger partial charge in [-0.05, 0) is 31.2 Å². The van der Waals surface area contributed by atoms with Gasteiger partial charge >= 0.3 is 0 Å². The maximum Gasteiger partial charge on any atom is 0.276 e. The van der Waals surface area contributed by atoms with E-state index in [1.807, 2.05) is 0 Å². The van der Waals surface area contributed by atoms with E-state index in [4.69, 9.17) is 4.42 Å². The number of benzene rings is 1. The lowest BCUT2D eigenvalue weighted by atomic mass is 9.89. The van der Waals surface area contributed by atoms with Gasteiger partial charge in [-0.3, -0.25) is 0 Å². The van der Waals surface area contributed by atoms with E-state index < -0.39 is 0 Å². The standard InChI is InChI=1S/C17H22N2OS/c1-3-8-14(9-4-1)10-7-13-21-17-19-18-16(20-17)15-11-5-2-6-12-15/h1,3-4,8-9,15H,2,5-7,10-13H2. The van der Waals surface area contributed by atoms with Crippen molar-refractivity contribution in [3.8, 4) is 0 Å². The molecule has 0 saturated heterocycles. The first-order chi connectivity index (χ1) is 10.4. The highest BCUT2D eigenvalue weighted by Gasteiger charge is 2.21. The molecule has 1 fully saturated rings. The van der Waals surface area contributed by atoms with Crippen molar-refractivity contribution in [1.82, 2.24) is 10.2 Å². The third kappa shape index (κ3) is 4.34. The zero-order valence-electron chi connectivity index (χ0n) is 12.3. The number of aryl methyl sites for hydroxylation is 1. The van der Waals surface area contributed by atoms with Crippen LogP contribution in [0, 0.1) is 0 Å². The summed E-state index contributed by atoms with van der Waals surface area (Å²) in [5, 5.41) is 9.16. The molecule has 1 heterocycles. The molecule has 0 unspecified atom stereocenters. The van der Waals surface area contributed by atoms with E-state index in [9.17, 15) is 0 Å². The summed E-state index contributed by atoms with van der Waals surface area (Å²) in [5.41, 5.74) is 1.39. The van der Waals surface area contributed by atoms with Gasteiger partial charge in [-0.2, -0.15) is 0 Å². The predicted octanol–water partition coefficient (Wildman–Crippen LogP) is 4.84. The summed E-state index contributed by atoms with van der Waals surface area (Å²) in [6, 6.07) is 10.6. The molecule has 1 saturated carbocycles. The Hall–Kier alpha value is -1.29. The van der Waals surface area contributed by atoms with Crippen molar-refractivity contribution in [2.45, 2.75) is 56.1 Å². The van der Waals surface area contributed by atoms with Crippen LogP contribution in [0.3, 0.4) is 0 Å². The molecule has 112 valence electrons. The quantitative estimate of drug-likeness (QED) is 0.565. The molecule has 21 heavy (non-hydrogen) atoms. The van der Waals surface area contributed by atoms with Gasteiger partial charge in [0.2, 0.25) is 5.89 Å². The molecule has 4 heteroatoms. The van der Waals surface area contributed by atoms with Gasteiger partial charge < -0.3 is 4.42 Å². The fraction of sp³-hybridized carbons (Fsp3) is 0.529. The number of hydrogen-bond donors (Lipinski definition) is 0. The maximum absolute atomic E-state index is 5.82. The van der Waals surface area contributed by atoms with Crippen LogP contribution < -0.4 is 0 Å². The van der Waals surface area contributed by atoms with Gasteiger partial charge in [0.05, 0.1) is 0 Å². The second-order valence-corrected chi connectivity index (χ2v) is 6.72. The molecule has 0 atom stereocenters. The van der Waals surface area contributed by atoms with Crippen LogP contribution in [-0.4, -0.2) is 16.0 Å². The van der Waals surface area contributed by atoms with Crippen LogP contribution in [0.5, 0.6) is 0 Å². The summed E-state index contributed by atoms with van der Waals surface area (Å²) in [6.45, 7) is 0. The van der Waals surface area contributed by atoms with Crippen molar-refractivity contribution in [3.05, 3.63) is 41.8 Å². The molecule has 0 N–H and O–H groups in total. The minimum absolute atomic E-state index is 0.505. The lowest BCUT2D eigenvalue weighted by Gasteiger charge is -2.17. The van der Waals surface area contributed by atoms with Gasteiger partial charge in [-0.15, -0.1) is 10.2 Å². The van der Waals surface area contributed by atoms with Crippen LogP contribution in [0.4, 0.5) is 0 Å². The third-order valence-corrected chi connectivity index (χ3v) is 4.96. The lowest BCUT2D eigenvalue weighted by Crippen LogP contribution is -2.04. The minimum Gasteiger partial charge on any atom is -0.416 e. The molecule has 1 aromatic heterocycles. The van der Waals surface area contributed by atoms with Crippen LogP contribution >= 0.6 is 11.8 Å². The van der Waals surface area contributed by atoms with E-state index in [0.29, 0.717) is 5.92 Å². The number of nitrogens with zero attached hydrogens (tertiary/aromatic N) is 2. The Morgan fingerprint density at radius 3 is 2.67 bits per heavy atom. The Balaban J connectivity index is 1.42. The van der Waals surface area contributed by atoms with Crippen LogP contribution in [-0.2, 0) is 6.42 Å². The second kappa shape index (κ2) is 7.64. The van der Waals surface area contributed by atoms with E-state index in [1.165, 1.54) is 37.7 Å². The van der Waals surface area contributed by atoms with Crippen molar-refractivity contribution in [2.24, 2.45) is 0 Å².